The van der Waals surface area contributed by atoms with Gasteiger partial charge in [-0.15, -0.1) is 0 Å². The molecule has 0 aliphatic heterocycles. The average Bonchev–Trinajstić information content (AvgIpc) is 3.22. The molecule has 0 saturated carbocycles. The molecule has 0 saturated heterocycles. The summed E-state index contributed by atoms with van der Waals surface area (Å²) in [4.78, 5) is 11.8. The van der Waals surface area contributed by atoms with Gasteiger partial charge >= 0.3 is 0 Å². The fourth-order valence-electron chi connectivity index (χ4n) is 2.02. The van der Waals surface area contributed by atoms with Gasteiger partial charge in [-0.1, -0.05) is 17.3 Å². The number of rotatable bonds is 6. The fraction of sp³-hybridized carbons (Fsp3) is 0.176. The normalized spacial score (nSPS) is 10.5. The predicted octanol–water partition coefficient (Wildman–Crippen LogP) is 2.94. The van der Waals surface area contributed by atoms with Crippen molar-refractivity contribution in [3.8, 4) is 17.3 Å². The summed E-state index contributed by atoms with van der Waals surface area (Å²) in [7, 11) is 0. The van der Waals surface area contributed by atoms with Crippen LogP contribution >= 0.6 is 0 Å². The molecule has 3 aromatic rings. The van der Waals surface area contributed by atoms with Gasteiger partial charge in [0, 0.05) is 6.07 Å². The van der Waals surface area contributed by atoms with E-state index in [4.69, 9.17) is 13.7 Å². The van der Waals surface area contributed by atoms with Crippen LogP contribution in [0.15, 0.2) is 57.7 Å². The third-order valence-corrected chi connectivity index (χ3v) is 3.15. The van der Waals surface area contributed by atoms with Gasteiger partial charge in [-0.3, -0.25) is 4.79 Å². The lowest BCUT2D eigenvalue weighted by molar-refractivity contribution is -0.123. The van der Waals surface area contributed by atoms with Crippen LogP contribution in [0, 0.1) is 6.92 Å². The lowest BCUT2D eigenvalue weighted by Gasteiger charge is -2.06. The van der Waals surface area contributed by atoms with Gasteiger partial charge < -0.3 is 19.0 Å². The minimum absolute atomic E-state index is 0.0493. The zero-order chi connectivity index (χ0) is 16.1. The number of furan rings is 1. The van der Waals surface area contributed by atoms with E-state index in [1.165, 1.54) is 0 Å². The van der Waals surface area contributed by atoms with Crippen LogP contribution in [0.25, 0.3) is 11.5 Å². The number of nitrogens with zero attached hydrogens (tertiary/aromatic N) is 1. The first-order valence-corrected chi connectivity index (χ1v) is 7.16. The molecule has 0 radical (unpaired) electrons. The lowest BCUT2D eigenvalue weighted by Crippen LogP contribution is -2.28. The van der Waals surface area contributed by atoms with Crippen LogP contribution in [0.2, 0.25) is 0 Å². The molecule has 6 heteroatoms. The molecular formula is C17H16N2O4. The van der Waals surface area contributed by atoms with E-state index >= 15 is 0 Å². The molecule has 1 aromatic carbocycles. The van der Waals surface area contributed by atoms with Gasteiger partial charge in [0.1, 0.15) is 11.4 Å². The summed E-state index contributed by atoms with van der Waals surface area (Å²) in [6, 6.07) is 12.8. The van der Waals surface area contributed by atoms with Gasteiger partial charge in [-0.2, -0.15) is 0 Å². The first-order valence-electron chi connectivity index (χ1n) is 7.16. The highest BCUT2D eigenvalue weighted by Gasteiger charge is 2.10. The smallest absolute Gasteiger partial charge is 0.258 e. The largest absolute Gasteiger partial charge is 0.484 e. The van der Waals surface area contributed by atoms with Gasteiger partial charge in [-0.05, 0) is 36.8 Å². The molecule has 6 nitrogen and oxygen atoms in total. The van der Waals surface area contributed by atoms with Crippen LogP contribution in [0.4, 0.5) is 0 Å². The maximum atomic E-state index is 11.8. The Morgan fingerprint density at radius 1 is 1.22 bits per heavy atom. The Bertz CT molecular complexity index is 778. The number of carbonyl (C=O) groups is 1. The molecule has 118 valence electrons. The van der Waals surface area contributed by atoms with Crippen molar-refractivity contribution in [3.05, 3.63) is 60.0 Å². The zero-order valence-corrected chi connectivity index (χ0v) is 12.6. The lowest BCUT2D eigenvalue weighted by atomic mass is 10.2. The summed E-state index contributed by atoms with van der Waals surface area (Å²) in [5, 5.41) is 6.61. The summed E-state index contributed by atoms with van der Waals surface area (Å²) >= 11 is 0. The van der Waals surface area contributed by atoms with Crippen molar-refractivity contribution in [2.75, 3.05) is 6.61 Å². The number of amides is 1. The second-order valence-electron chi connectivity index (χ2n) is 5.04. The SMILES string of the molecule is Cc1cccc(OCC(=O)NCc2cc(-c3ccco3)on2)c1. The molecule has 0 atom stereocenters. The van der Waals surface area contributed by atoms with Crippen molar-refractivity contribution in [1.82, 2.24) is 10.5 Å². The minimum atomic E-state index is -0.228. The summed E-state index contributed by atoms with van der Waals surface area (Å²) in [6.07, 6.45) is 1.56. The Labute approximate surface area is 133 Å². The maximum Gasteiger partial charge on any atom is 0.258 e. The van der Waals surface area contributed by atoms with Gasteiger partial charge in [-0.25, -0.2) is 0 Å². The van der Waals surface area contributed by atoms with Crippen molar-refractivity contribution in [2.45, 2.75) is 13.5 Å². The van der Waals surface area contributed by atoms with E-state index in [-0.39, 0.29) is 19.1 Å². The van der Waals surface area contributed by atoms with E-state index in [1.807, 2.05) is 31.2 Å². The molecule has 0 aliphatic rings. The first kappa shape index (κ1) is 14.9. The van der Waals surface area contributed by atoms with Crippen LogP contribution in [-0.4, -0.2) is 17.7 Å². The van der Waals surface area contributed by atoms with Gasteiger partial charge in [0.25, 0.3) is 5.91 Å². The first-order chi connectivity index (χ1) is 11.2. The molecule has 0 unspecified atom stereocenters. The van der Waals surface area contributed by atoms with Crippen molar-refractivity contribution in [2.24, 2.45) is 0 Å². The Hall–Kier alpha value is -3.02. The monoisotopic (exact) mass is 312 g/mol. The Morgan fingerprint density at radius 2 is 2.13 bits per heavy atom. The predicted molar refractivity (Wildman–Crippen MR) is 82.7 cm³/mol. The van der Waals surface area contributed by atoms with E-state index in [0.717, 1.165) is 5.56 Å². The highest BCUT2D eigenvalue weighted by atomic mass is 16.5. The number of hydrogen-bond donors (Lipinski definition) is 1. The average molecular weight is 312 g/mol. The quantitative estimate of drug-likeness (QED) is 0.757. The topological polar surface area (TPSA) is 77.5 Å². The second kappa shape index (κ2) is 6.83. The van der Waals surface area contributed by atoms with Crippen LogP contribution in [0.1, 0.15) is 11.3 Å². The molecule has 1 N–H and O–H groups in total. The number of hydrogen-bond acceptors (Lipinski definition) is 5. The molecule has 0 spiro atoms. The Balaban J connectivity index is 1.47. The number of ether oxygens (including phenoxy) is 1. The van der Waals surface area contributed by atoms with Gasteiger partial charge in [0.05, 0.1) is 12.8 Å². The second-order valence-corrected chi connectivity index (χ2v) is 5.04. The van der Waals surface area contributed by atoms with Gasteiger partial charge in [0.2, 0.25) is 5.76 Å². The highest BCUT2D eigenvalue weighted by Crippen LogP contribution is 2.20. The van der Waals surface area contributed by atoms with E-state index in [1.54, 1.807) is 24.5 Å². The highest BCUT2D eigenvalue weighted by molar-refractivity contribution is 5.77. The Kier molecular flexibility index (Phi) is 4.42. The number of carbonyl (C=O) groups excluding carboxylic acids is 1. The van der Waals surface area contributed by atoms with Crippen LogP contribution in [-0.2, 0) is 11.3 Å². The van der Waals surface area contributed by atoms with Crippen molar-refractivity contribution in [1.29, 1.82) is 0 Å². The number of aryl methyl sites for hydroxylation is 1. The van der Waals surface area contributed by atoms with E-state index < -0.39 is 0 Å². The van der Waals surface area contributed by atoms with Crippen molar-refractivity contribution >= 4 is 5.91 Å². The minimum Gasteiger partial charge on any atom is -0.484 e. The molecular weight excluding hydrogens is 296 g/mol. The van der Waals surface area contributed by atoms with E-state index in [9.17, 15) is 4.79 Å². The Morgan fingerprint density at radius 3 is 2.91 bits per heavy atom. The third kappa shape index (κ3) is 4.00. The number of nitrogens with one attached hydrogen (secondary N) is 1. The van der Waals surface area contributed by atoms with E-state index in [2.05, 4.69) is 10.5 Å². The fourth-order valence-corrected chi connectivity index (χ4v) is 2.02. The van der Waals surface area contributed by atoms with Gasteiger partial charge in [0.15, 0.2) is 12.4 Å². The number of benzene rings is 1. The summed E-state index contributed by atoms with van der Waals surface area (Å²) < 4.78 is 15.8. The number of aromatic nitrogens is 1. The molecule has 2 heterocycles. The summed E-state index contributed by atoms with van der Waals surface area (Å²) in [5.74, 6) is 1.56. The molecule has 2 aromatic heterocycles. The van der Waals surface area contributed by atoms with Crippen LogP contribution < -0.4 is 10.1 Å². The molecule has 23 heavy (non-hydrogen) atoms. The molecule has 0 bridgehead atoms. The standard InChI is InChI=1S/C17H16N2O4/c1-12-4-2-5-14(8-12)22-11-17(20)18-10-13-9-16(23-19-13)15-6-3-7-21-15/h2-9H,10-11H2,1H3,(H,18,20). The molecule has 0 aliphatic carbocycles. The summed E-state index contributed by atoms with van der Waals surface area (Å²) in [5.41, 5.74) is 1.69. The maximum absolute atomic E-state index is 11.8. The summed E-state index contributed by atoms with van der Waals surface area (Å²) in [6.45, 7) is 2.18. The van der Waals surface area contributed by atoms with Crippen molar-refractivity contribution in [3.63, 3.8) is 0 Å². The molecule has 0 fully saturated rings. The van der Waals surface area contributed by atoms with Crippen LogP contribution in [0.5, 0.6) is 5.75 Å². The molecule has 3 rings (SSSR count). The van der Waals surface area contributed by atoms with Crippen molar-refractivity contribution < 1.29 is 18.5 Å². The zero-order valence-electron chi connectivity index (χ0n) is 12.6. The van der Waals surface area contributed by atoms with Crippen LogP contribution in [0.3, 0.4) is 0 Å². The molecule has 1 amide bonds. The van der Waals surface area contributed by atoms with E-state index in [0.29, 0.717) is 23.0 Å². The third-order valence-electron chi connectivity index (χ3n) is 3.15.